The van der Waals surface area contributed by atoms with E-state index in [1.54, 1.807) is 10.0 Å². The zero-order chi connectivity index (χ0) is 16.8. The molecule has 0 unspecified atom stereocenters. The fourth-order valence-corrected chi connectivity index (χ4v) is 3.59. The molecule has 1 amide bonds. The first-order chi connectivity index (χ1) is 10.8. The van der Waals surface area contributed by atoms with Crippen molar-refractivity contribution in [3.8, 4) is 0 Å². The van der Waals surface area contributed by atoms with Crippen LogP contribution in [0.1, 0.15) is 42.6 Å². The molecular weight excluding hydrogens is 312 g/mol. The van der Waals surface area contributed by atoms with Crippen LogP contribution in [0.3, 0.4) is 0 Å². The number of aromatic nitrogens is 1. The van der Waals surface area contributed by atoms with Gasteiger partial charge in [-0.25, -0.2) is 0 Å². The van der Waals surface area contributed by atoms with Gasteiger partial charge >= 0.3 is 0 Å². The lowest BCUT2D eigenvalue weighted by Crippen LogP contribution is -2.17. The Kier molecular flexibility index (Phi) is 3.64. The van der Waals surface area contributed by atoms with Crippen molar-refractivity contribution in [1.29, 1.82) is 0 Å². The summed E-state index contributed by atoms with van der Waals surface area (Å²) < 4.78 is 8.26. The van der Waals surface area contributed by atoms with Crippen molar-refractivity contribution in [3.05, 3.63) is 57.8 Å². The standard InChI is InChI=1S/C17H18N2O3S/c1-17(2,3)14-10(8-12(22-14)15(18)20)9-19-16(21)11-6-4-5-7-13(11)23-19/h4-8H,9H2,1-3H3,(H2,18,20). The molecule has 0 aliphatic carbocycles. The Morgan fingerprint density at radius 3 is 2.61 bits per heavy atom. The van der Waals surface area contributed by atoms with E-state index in [1.807, 2.05) is 45.0 Å². The van der Waals surface area contributed by atoms with Gasteiger partial charge in [0.25, 0.3) is 11.5 Å². The molecule has 120 valence electrons. The quantitative estimate of drug-likeness (QED) is 0.801. The number of fused-ring (bicyclic) bond motifs is 1. The predicted molar refractivity (Wildman–Crippen MR) is 91.1 cm³/mol. The Morgan fingerprint density at radius 2 is 2.00 bits per heavy atom. The number of nitrogens with two attached hydrogens (primary N) is 1. The normalized spacial score (nSPS) is 12.0. The molecule has 0 saturated carbocycles. The van der Waals surface area contributed by atoms with Crippen molar-refractivity contribution in [2.75, 3.05) is 0 Å². The van der Waals surface area contributed by atoms with Crippen LogP contribution in [0.25, 0.3) is 10.1 Å². The number of carbonyl (C=O) groups excluding carboxylic acids is 1. The van der Waals surface area contributed by atoms with Crippen molar-refractivity contribution in [1.82, 2.24) is 3.96 Å². The zero-order valence-corrected chi connectivity index (χ0v) is 14.1. The van der Waals surface area contributed by atoms with E-state index in [4.69, 9.17) is 10.2 Å². The van der Waals surface area contributed by atoms with Crippen molar-refractivity contribution < 1.29 is 9.21 Å². The Balaban J connectivity index is 2.09. The summed E-state index contributed by atoms with van der Waals surface area (Å²) in [5.41, 5.74) is 5.81. The first kappa shape index (κ1) is 15.6. The largest absolute Gasteiger partial charge is 0.455 e. The maximum atomic E-state index is 12.5. The van der Waals surface area contributed by atoms with Crippen LogP contribution in [-0.4, -0.2) is 9.86 Å². The minimum Gasteiger partial charge on any atom is -0.455 e. The number of rotatable bonds is 3. The Labute approximate surface area is 137 Å². The third-order valence-electron chi connectivity index (χ3n) is 3.60. The Hall–Kier alpha value is -2.34. The molecule has 6 heteroatoms. The van der Waals surface area contributed by atoms with Gasteiger partial charge in [0.2, 0.25) is 0 Å². The minimum atomic E-state index is -0.606. The minimum absolute atomic E-state index is 0.0349. The molecule has 0 atom stereocenters. The highest BCUT2D eigenvalue weighted by Crippen LogP contribution is 2.30. The van der Waals surface area contributed by atoms with Crippen LogP contribution in [0.15, 0.2) is 39.5 Å². The monoisotopic (exact) mass is 330 g/mol. The lowest BCUT2D eigenvalue weighted by atomic mass is 9.90. The van der Waals surface area contributed by atoms with Gasteiger partial charge in [-0.15, -0.1) is 0 Å². The molecule has 23 heavy (non-hydrogen) atoms. The number of hydrogen-bond donors (Lipinski definition) is 1. The summed E-state index contributed by atoms with van der Waals surface area (Å²) in [5.74, 6) is 0.195. The van der Waals surface area contributed by atoms with Crippen LogP contribution in [0.4, 0.5) is 0 Å². The maximum absolute atomic E-state index is 12.5. The molecule has 2 heterocycles. The van der Waals surface area contributed by atoms with E-state index < -0.39 is 5.91 Å². The van der Waals surface area contributed by atoms with Crippen molar-refractivity contribution in [3.63, 3.8) is 0 Å². The van der Waals surface area contributed by atoms with Crippen molar-refractivity contribution in [2.45, 2.75) is 32.7 Å². The smallest absolute Gasteiger partial charge is 0.284 e. The molecule has 5 nitrogen and oxygen atoms in total. The van der Waals surface area contributed by atoms with Crippen molar-refractivity contribution >= 4 is 27.5 Å². The van der Waals surface area contributed by atoms with Crippen LogP contribution in [0, 0.1) is 0 Å². The topological polar surface area (TPSA) is 78.2 Å². The van der Waals surface area contributed by atoms with Gasteiger partial charge in [-0.3, -0.25) is 13.5 Å². The number of nitrogens with zero attached hydrogens (tertiary/aromatic N) is 1. The van der Waals surface area contributed by atoms with E-state index in [9.17, 15) is 9.59 Å². The molecule has 0 fully saturated rings. The van der Waals surface area contributed by atoms with Gasteiger partial charge in [-0.1, -0.05) is 44.4 Å². The van der Waals surface area contributed by atoms with Crippen LogP contribution >= 0.6 is 11.5 Å². The maximum Gasteiger partial charge on any atom is 0.284 e. The van der Waals surface area contributed by atoms with E-state index in [1.165, 1.54) is 11.5 Å². The summed E-state index contributed by atoms with van der Waals surface area (Å²) in [4.78, 5) is 23.9. The second kappa shape index (κ2) is 5.38. The third-order valence-corrected chi connectivity index (χ3v) is 4.67. The molecule has 0 spiro atoms. The number of hydrogen-bond acceptors (Lipinski definition) is 4. The van der Waals surface area contributed by atoms with Crippen LogP contribution in [0.2, 0.25) is 0 Å². The number of primary amides is 1. The fraction of sp³-hybridized carbons (Fsp3) is 0.294. The number of furan rings is 1. The third kappa shape index (κ3) is 2.82. The highest BCUT2D eigenvalue weighted by molar-refractivity contribution is 7.13. The lowest BCUT2D eigenvalue weighted by molar-refractivity contribution is 0.0970. The highest BCUT2D eigenvalue weighted by Gasteiger charge is 2.26. The van der Waals surface area contributed by atoms with Crippen LogP contribution in [-0.2, 0) is 12.0 Å². The first-order valence-electron chi connectivity index (χ1n) is 7.29. The second-order valence-electron chi connectivity index (χ2n) is 6.51. The average molecular weight is 330 g/mol. The molecule has 0 saturated heterocycles. The molecule has 0 radical (unpaired) electrons. The predicted octanol–water partition coefficient (Wildman–Crippen LogP) is 3.10. The van der Waals surface area contributed by atoms with Crippen molar-refractivity contribution in [2.24, 2.45) is 5.73 Å². The van der Waals surface area contributed by atoms with E-state index in [-0.39, 0.29) is 16.7 Å². The Morgan fingerprint density at radius 1 is 1.30 bits per heavy atom. The first-order valence-corrected chi connectivity index (χ1v) is 8.06. The lowest BCUT2D eigenvalue weighted by Gasteiger charge is -2.17. The molecule has 1 aromatic carbocycles. The molecule has 2 N–H and O–H groups in total. The van der Waals surface area contributed by atoms with E-state index in [0.29, 0.717) is 17.7 Å². The zero-order valence-electron chi connectivity index (χ0n) is 13.3. The molecule has 2 aromatic heterocycles. The summed E-state index contributed by atoms with van der Waals surface area (Å²) in [7, 11) is 0. The summed E-state index contributed by atoms with van der Waals surface area (Å²) >= 11 is 1.40. The molecule has 0 aliphatic rings. The SMILES string of the molecule is CC(C)(C)c1oc(C(N)=O)cc1Cn1sc2ccccc2c1=O. The van der Waals surface area contributed by atoms with Gasteiger partial charge in [-0.05, 0) is 18.2 Å². The summed E-state index contributed by atoms with van der Waals surface area (Å²) in [5, 5.41) is 0.702. The molecule has 0 aliphatic heterocycles. The molecule has 0 bridgehead atoms. The number of benzene rings is 1. The van der Waals surface area contributed by atoms with Crippen LogP contribution in [0.5, 0.6) is 0 Å². The summed E-state index contributed by atoms with van der Waals surface area (Å²) in [6.45, 7) is 6.34. The van der Waals surface area contributed by atoms with Gasteiger partial charge in [0.1, 0.15) is 5.76 Å². The van der Waals surface area contributed by atoms with E-state index in [2.05, 4.69) is 0 Å². The molecule has 3 aromatic rings. The number of carbonyl (C=O) groups is 1. The molecular formula is C17H18N2O3S. The fourth-order valence-electron chi connectivity index (χ4n) is 2.58. The van der Waals surface area contributed by atoms with E-state index >= 15 is 0 Å². The number of amides is 1. The second-order valence-corrected chi connectivity index (χ2v) is 7.57. The summed E-state index contributed by atoms with van der Waals surface area (Å²) in [6, 6.07) is 9.14. The summed E-state index contributed by atoms with van der Waals surface area (Å²) in [6.07, 6.45) is 0. The van der Waals surface area contributed by atoms with E-state index in [0.717, 1.165) is 10.3 Å². The van der Waals surface area contributed by atoms with Gasteiger partial charge in [0.15, 0.2) is 5.76 Å². The van der Waals surface area contributed by atoms with Crippen LogP contribution < -0.4 is 11.3 Å². The van der Waals surface area contributed by atoms with Gasteiger partial charge in [0.05, 0.1) is 16.6 Å². The Bertz CT molecular complexity index is 941. The van der Waals surface area contributed by atoms with Gasteiger partial charge < -0.3 is 10.2 Å². The van der Waals surface area contributed by atoms with Gasteiger partial charge in [0, 0.05) is 11.0 Å². The van der Waals surface area contributed by atoms with Gasteiger partial charge in [-0.2, -0.15) is 0 Å². The highest BCUT2D eigenvalue weighted by atomic mass is 32.1. The molecule has 3 rings (SSSR count). The average Bonchev–Trinajstić information content (AvgIpc) is 3.02.